The second kappa shape index (κ2) is 13.1. The van der Waals surface area contributed by atoms with Crippen LogP contribution >= 0.6 is 11.6 Å². The average molecular weight is 597 g/mol. The van der Waals surface area contributed by atoms with Gasteiger partial charge in [0.05, 0.1) is 18.2 Å². The van der Waals surface area contributed by atoms with Crippen molar-refractivity contribution in [2.24, 2.45) is 11.8 Å². The Morgan fingerprint density at radius 2 is 1.95 bits per heavy atom. The predicted octanol–water partition coefficient (Wildman–Crippen LogP) is 5.18. The Hall–Kier alpha value is -3.07. The van der Waals surface area contributed by atoms with Crippen molar-refractivity contribution in [3.8, 4) is 5.75 Å². The molecule has 4 atom stereocenters. The van der Waals surface area contributed by atoms with Crippen LogP contribution in [0.25, 0.3) is 0 Å². The Bertz CT molecular complexity index is 1330. The number of aliphatic hydroxyl groups is 1. The van der Waals surface area contributed by atoms with Crippen LogP contribution < -0.4 is 9.64 Å². The third-order valence-corrected chi connectivity index (χ3v) is 9.50. The van der Waals surface area contributed by atoms with E-state index in [0.29, 0.717) is 35.8 Å². The number of carboxylic acids is 1. The Balaban J connectivity index is 1.58. The number of aliphatic carboxylic acids is 1. The van der Waals surface area contributed by atoms with Gasteiger partial charge in [-0.2, -0.15) is 0 Å². The molecular formula is C33H41ClN2O6. The minimum atomic E-state index is -2.39. The molecule has 0 spiro atoms. The molecular weight excluding hydrogens is 556 g/mol. The first kappa shape index (κ1) is 30.4. The van der Waals surface area contributed by atoms with Crippen LogP contribution in [0.4, 0.5) is 5.69 Å². The monoisotopic (exact) mass is 596 g/mol. The van der Waals surface area contributed by atoms with Gasteiger partial charge in [0.2, 0.25) is 5.91 Å². The highest BCUT2D eigenvalue weighted by atomic mass is 35.5. The fourth-order valence-electron chi connectivity index (χ4n) is 6.46. The number of carboxylic acid groups (broad SMARTS) is 1. The summed E-state index contributed by atoms with van der Waals surface area (Å²) in [5.41, 5.74) is 0.731. The van der Waals surface area contributed by atoms with Crippen LogP contribution in [0.2, 0.25) is 5.02 Å². The van der Waals surface area contributed by atoms with Crippen molar-refractivity contribution in [2.75, 3.05) is 38.7 Å². The van der Waals surface area contributed by atoms with Crippen molar-refractivity contribution in [1.82, 2.24) is 4.90 Å². The molecule has 9 heteroatoms. The number of aryl methyl sites for hydroxylation is 1. The second-order valence-corrected chi connectivity index (χ2v) is 12.3. The maximum atomic E-state index is 13.1. The summed E-state index contributed by atoms with van der Waals surface area (Å²) >= 11 is 6.32. The molecule has 8 nitrogen and oxygen atoms in total. The molecule has 2 bridgehead atoms. The number of fused-ring (bicyclic) bond motifs is 3. The Morgan fingerprint density at radius 1 is 1.12 bits per heavy atom. The summed E-state index contributed by atoms with van der Waals surface area (Å²) in [4.78, 5) is 29.4. The Morgan fingerprint density at radius 3 is 2.69 bits per heavy atom. The summed E-state index contributed by atoms with van der Waals surface area (Å²) in [7, 11) is 3.38. The Kier molecular flexibility index (Phi) is 9.45. The predicted molar refractivity (Wildman–Crippen MR) is 162 cm³/mol. The lowest BCUT2D eigenvalue weighted by Crippen LogP contribution is -2.45. The van der Waals surface area contributed by atoms with Crippen molar-refractivity contribution in [3.63, 3.8) is 0 Å². The molecule has 2 aromatic rings. The highest BCUT2D eigenvalue weighted by Crippen LogP contribution is 2.43. The fraction of sp³-hybridized carbons (Fsp3) is 0.515. The van der Waals surface area contributed by atoms with Crippen LogP contribution in [-0.4, -0.2) is 66.9 Å². The fourth-order valence-corrected chi connectivity index (χ4v) is 6.65. The summed E-state index contributed by atoms with van der Waals surface area (Å²) < 4.78 is 12.4. The summed E-state index contributed by atoms with van der Waals surface area (Å²) in [5.74, 6) is -0.519. The third kappa shape index (κ3) is 6.46. The largest absolute Gasteiger partial charge is 0.487 e. The topological polar surface area (TPSA) is 99.5 Å². The number of ether oxygens (including phenoxy) is 2. The van der Waals surface area contributed by atoms with Crippen molar-refractivity contribution in [2.45, 2.75) is 63.3 Å². The summed E-state index contributed by atoms with van der Waals surface area (Å²) in [6.07, 6.45) is 9.11. The number of carbonyl (C=O) groups is 2. The maximum absolute atomic E-state index is 13.1. The van der Waals surface area contributed by atoms with E-state index >= 15 is 0 Å². The number of amides is 1. The molecule has 3 aliphatic rings. The summed E-state index contributed by atoms with van der Waals surface area (Å²) in [6, 6.07) is 10.9. The van der Waals surface area contributed by atoms with Crippen LogP contribution in [0.3, 0.4) is 0 Å². The van der Waals surface area contributed by atoms with Crippen LogP contribution in [0.15, 0.2) is 48.6 Å². The van der Waals surface area contributed by atoms with Crippen LogP contribution in [0.5, 0.6) is 5.75 Å². The van der Waals surface area contributed by atoms with E-state index in [2.05, 4.69) is 4.90 Å². The summed E-state index contributed by atoms with van der Waals surface area (Å²) in [6.45, 7) is 2.16. The van der Waals surface area contributed by atoms with Gasteiger partial charge in [0.25, 0.3) is 0 Å². The molecule has 226 valence electrons. The first-order valence-electron chi connectivity index (χ1n) is 14.9. The highest BCUT2D eigenvalue weighted by molar-refractivity contribution is 6.30. The molecule has 42 heavy (non-hydrogen) atoms. The second-order valence-electron chi connectivity index (χ2n) is 11.9. The van der Waals surface area contributed by atoms with E-state index in [-0.39, 0.29) is 11.7 Å². The first-order chi connectivity index (χ1) is 20.2. The number of halogens is 1. The molecule has 2 heterocycles. The van der Waals surface area contributed by atoms with E-state index in [0.717, 1.165) is 68.4 Å². The molecule has 1 fully saturated rings. The van der Waals surface area contributed by atoms with Crippen molar-refractivity contribution in [3.05, 3.63) is 70.3 Å². The van der Waals surface area contributed by atoms with Crippen LogP contribution in [0.1, 0.15) is 55.2 Å². The molecule has 2 aromatic carbocycles. The number of benzene rings is 2. The quantitative estimate of drug-likeness (QED) is 0.461. The number of hydrogen-bond acceptors (Lipinski definition) is 6. The van der Waals surface area contributed by atoms with Gasteiger partial charge < -0.3 is 29.5 Å². The number of likely N-dealkylation sites (N-methyl/N-ethyl adjacent to an activating group) is 1. The van der Waals surface area contributed by atoms with Crippen molar-refractivity contribution in [1.29, 1.82) is 0 Å². The third-order valence-electron chi connectivity index (χ3n) is 9.27. The van der Waals surface area contributed by atoms with E-state index in [4.69, 9.17) is 21.1 Å². The molecule has 0 unspecified atom stereocenters. The molecule has 1 saturated carbocycles. The van der Waals surface area contributed by atoms with Gasteiger partial charge in [-0.15, -0.1) is 0 Å². The van der Waals surface area contributed by atoms with Gasteiger partial charge >= 0.3 is 5.97 Å². The van der Waals surface area contributed by atoms with E-state index in [9.17, 15) is 19.8 Å². The maximum Gasteiger partial charge on any atom is 0.340 e. The number of nitrogens with zero attached hydrogens (tertiary/aromatic N) is 2. The van der Waals surface area contributed by atoms with Crippen LogP contribution in [-0.2, 0) is 33.0 Å². The smallest absolute Gasteiger partial charge is 0.340 e. The van der Waals surface area contributed by atoms with Crippen molar-refractivity contribution >= 4 is 29.2 Å². The van der Waals surface area contributed by atoms with E-state index in [1.165, 1.54) is 4.90 Å². The van der Waals surface area contributed by atoms with Crippen molar-refractivity contribution < 1.29 is 29.3 Å². The highest BCUT2D eigenvalue weighted by Gasteiger charge is 2.43. The number of anilines is 1. The van der Waals surface area contributed by atoms with Crippen LogP contribution in [0, 0.1) is 11.8 Å². The van der Waals surface area contributed by atoms with E-state index < -0.39 is 23.9 Å². The molecule has 0 saturated heterocycles. The van der Waals surface area contributed by atoms with E-state index in [1.807, 2.05) is 30.4 Å². The number of carbonyl (C=O) groups excluding carboxylic acids is 1. The lowest BCUT2D eigenvalue weighted by Gasteiger charge is -2.44. The standard InChI is InChI=1S/C33H41ClN2O6/c1-35-15-5-4-8-29(41-2)27-13-10-23(27)20-36-16-6-3-7-22-17-26(34)12-9-24(22)21-42-30-14-11-25(18-28(30)36)33(40,32(38)39)19-31(35)37/h4-5,9,11-12,14,17-18,23,27,29,40H,3,6-8,10,13,15-16,19-21H2,1-2H3,(H,38,39)/b5-4+/t23-,27+,29-,33+/m0/s1. The Labute approximate surface area is 252 Å². The molecule has 0 radical (unpaired) electrons. The number of methoxy groups -OCH3 is 1. The zero-order valence-corrected chi connectivity index (χ0v) is 25.2. The molecule has 2 N–H and O–H groups in total. The zero-order valence-electron chi connectivity index (χ0n) is 24.4. The number of rotatable bonds is 2. The van der Waals surface area contributed by atoms with Gasteiger partial charge in [-0.1, -0.05) is 35.9 Å². The average Bonchev–Trinajstić information content (AvgIpc) is 2.99. The SMILES string of the molecule is CO[C@H]1C/C=C/CN(C)C(=O)C[C@](O)(C(=O)O)c2ccc3c(c2)N(CCCCc2cc(Cl)ccc2CO3)C[C@@H]2CC[C@H]21. The molecule has 1 aliphatic carbocycles. The summed E-state index contributed by atoms with van der Waals surface area (Å²) in [5, 5.41) is 22.4. The minimum absolute atomic E-state index is 0.0799. The lowest BCUT2D eigenvalue weighted by atomic mass is 9.69. The zero-order chi connectivity index (χ0) is 29.9. The van der Waals surface area contributed by atoms with E-state index in [1.54, 1.807) is 32.4 Å². The first-order valence-corrected chi connectivity index (χ1v) is 15.2. The van der Waals surface area contributed by atoms with Gasteiger partial charge in [0.1, 0.15) is 12.4 Å². The van der Waals surface area contributed by atoms with Gasteiger partial charge in [0.15, 0.2) is 5.60 Å². The molecule has 2 aliphatic heterocycles. The van der Waals surface area contributed by atoms with Gasteiger partial charge in [0, 0.05) is 38.8 Å². The molecule has 1 amide bonds. The number of hydrogen-bond donors (Lipinski definition) is 2. The van der Waals surface area contributed by atoms with Gasteiger partial charge in [-0.25, -0.2) is 4.79 Å². The minimum Gasteiger partial charge on any atom is -0.487 e. The molecule has 0 aromatic heterocycles. The van der Waals surface area contributed by atoms with Gasteiger partial charge in [-0.3, -0.25) is 4.79 Å². The lowest BCUT2D eigenvalue weighted by molar-refractivity contribution is -0.164. The van der Waals surface area contributed by atoms with Gasteiger partial charge in [-0.05, 0) is 91.3 Å². The normalized spacial score (nSPS) is 27.9. The molecule has 5 rings (SSSR count).